The standard InChI is InChI=1S/C15H13FN4/c1-9-5-4-6-10(13(9)16)14-12(15(17)20-19-14)11-7-2-3-8-18-11/h2-8H,1H3,(H3,17,19,20). The number of hydrogen-bond acceptors (Lipinski definition) is 3. The Morgan fingerprint density at radius 2 is 2.00 bits per heavy atom. The van der Waals surface area contributed by atoms with Gasteiger partial charge in [-0.25, -0.2) is 4.39 Å². The average Bonchev–Trinajstić information content (AvgIpc) is 2.84. The number of anilines is 1. The van der Waals surface area contributed by atoms with Crippen molar-refractivity contribution in [3.8, 4) is 22.5 Å². The number of aromatic amines is 1. The van der Waals surface area contributed by atoms with Gasteiger partial charge in [-0.2, -0.15) is 5.10 Å². The van der Waals surface area contributed by atoms with E-state index < -0.39 is 0 Å². The van der Waals surface area contributed by atoms with Gasteiger partial charge in [0.05, 0.1) is 17.0 Å². The highest BCUT2D eigenvalue weighted by atomic mass is 19.1. The van der Waals surface area contributed by atoms with Gasteiger partial charge in [0.25, 0.3) is 0 Å². The maximum absolute atomic E-state index is 14.3. The van der Waals surface area contributed by atoms with Gasteiger partial charge in [0.2, 0.25) is 0 Å². The average molecular weight is 268 g/mol. The lowest BCUT2D eigenvalue weighted by Crippen LogP contribution is -1.93. The number of hydrogen-bond donors (Lipinski definition) is 2. The number of nitrogens with one attached hydrogen (secondary N) is 1. The van der Waals surface area contributed by atoms with Crippen molar-refractivity contribution < 1.29 is 4.39 Å². The summed E-state index contributed by atoms with van der Waals surface area (Å²) in [5.41, 5.74) is 8.73. The maximum atomic E-state index is 14.3. The van der Waals surface area contributed by atoms with Gasteiger partial charge in [-0.05, 0) is 30.7 Å². The molecule has 3 rings (SSSR count). The summed E-state index contributed by atoms with van der Waals surface area (Å²) in [4.78, 5) is 4.26. The summed E-state index contributed by atoms with van der Waals surface area (Å²) in [6.07, 6.45) is 1.66. The molecular weight excluding hydrogens is 255 g/mol. The molecule has 0 radical (unpaired) electrons. The van der Waals surface area contributed by atoms with Crippen molar-refractivity contribution in [2.45, 2.75) is 6.92 Å². The first-order valence-electron chi connectivity index (χ1n) is 6.19. The highest BCUT2D eigenvalue weighted by molar-refractivity contribution is 5.86. The molecule has 1 aromatic carbocycles. The van der Waals surface area contributed by atoms with Gasteiger partial charge in [-0.1, -0.05) is 18.2 Å². The first-order valence-corrected chi connectivity index (χ1v) is 6.19. The number of benzene rings is 1. The summed E-state index contributed by atoms with van der Waals surface area (Å²) in [7, 11) is 0. The summed E-state index contributed by atoms with van der Waals surface area (Å²) >= 11 is 0. The number of H-pyrrole nitrogens is 1. The molecule has 0 bridgehead atoms. The number of aryl methyl sites for hydroxylation is 1. The minimum Gasteiger partial charge on any atom is -0.382 e. The molecule has 0 fully saturated rings. The lowest BCUT2D eigenvalue weighted by atomic mass is 10.0. The fourth-order valence-electron chi connectivity index (χ4n) is 2.16. The van der Waals surface area contributed by atoms with Crippen LogP contribution in [0.4, 0.5) is 10.2 Å². The molecule has 4 nitrogen and oxygen atoms in total. The molecule has 0 unspecified atom stereocenters. The number of halogens is 1. The number of nitrogens with zero attached hydrogens (tertiary/aromatic N) is 2. The molecule has 3 N–H and O–H groups in total. The van der Waals surface area contributed by atoms with Crippen LogP contribution in [0.5, 0.6) is 0 Å². The third kappa shape index (κ3) is 1.93. The van der Waals surface area contributed by atoms with Crippen molar-refractivity contribution in [2.75, 3.05) is 5.73 Å². The summed E-state index contributed by atoms with van der Waals surface area (Å²) in [5.74, 6) is 0.0212. The predicted molar refractivity (Wildman–Crippen MR) is 76.4 cm³/mol. The molecule has 20 heavy (non-hydrogen) atoms. The van der Waals surface area contributed by atoms with Gasteiger partial charge in [-0.3, -0.25) is 10.1 Å². The van der Waals surface area contributed by atoms with Crippen LogP contribution in [0.2, 0.25) is 0 Å². The van der Waals surface area contributed by atoms with Crippen molar-refractivity contribution >= 4 is 5.82 Å². The number of nitrogens with two attached hydrogens (primary N) is 1. The Bertz CT molecular complexity index is 750. The number of nitrogen functional groups attached to an aromatic ring is 1. The molecule has 0 aliphatic rings. The second-order valence-electron chi connectivity index (χ2n) is 4.51. The highest BCUT2D eigenvalue weighted by Gasteiger charge is 2.18. The molecule has 5 heteroatoms. The molecule has 2 heterocycles. The van der Waals surface area contributed by atoms with E-state index in [0.29, 0.717) is 33.9 Å². The van der Waals surface area contributed by atoms with Gasteiger partial charge < -0.3 is 5.73 Å². The van der Waals surface area contributed by atoms with Crippen LogP contribution >= 0.6 is 0 Å². The predicted octanol–water partition coefficient (Wildman–Crippen LogP) is 3.17. The van der Waals surface area contributed by atoms with E-state index in [9.17, 15) is 4.39 Å². The van der Waals surface area contributed by atoms with Crippen LogP contribution in [0.1, 0.15) is 5.56 Å². The normalized spacial score (nSPS) is 10.7. The van der Waals surface area contributed by atoms with Crippen LogP contribution in [-0.4, -0.2) is 15.2 Å². The molecule has 0 spiro atoms. The SMILES string of the molecule is Cc1cccc(-c2[nH]nc(N)c2-c2ccccn2)c1F. The monoisotopic (exact) mass is 268 g/mol. The van der Waals surface area contributed by atoms with Gasteiger partial charge in [0.15, 0.2) is 5.82 Å². The Morgan fingerprint density at radius 3 is 2.75 bits per heavy atom. The van der Waals surface area contributed by atoms with Crippen LogP contribution in [-0.2, 0) is 0 Å². The number of rotatable bonds is 2. The zero-order valence-corrected chi connectivity index (χ0v) is 10.9. The minimum absolute atomic E-state index is 0.284. The van der Waals surface area contributed by atoms with Crippen LogP contribution in [0.15, 0.2) is 42.6 Å². The molecule has 0 amide bonds. The number of pyridine rings is 1. The van der Waals surface area contributed by atoms with Gasteiger partial charge in [0, 0.05) is 11.8 Å². The second-order valence-corrected chi connectivity index (χ2v) is 4.51. The highest BCUT2D eigenvalue weighted by Crippen LogP contribution is 2.35. The Labute approximate surface area is 115 Å². The van der Waals surface area contributed by atoms with E-state index in [1.165, 1.54) is 0 Å². The quantitative estimate of drug-likeness (QED) is 0.750. The zero-order valence-electron chi connectivity index (χ0n) is 10.9. The van der Waals surface area contributed by atoms with Crippen LogP contribution in [0.3, 0.4) is 0 Å². The Hall–Kier alpha value is -2.69. The minimum atomic E-state index is -0.284. The van der Waals surface area contributed by atoms with Crippen molar-refractivity contribution in [3.05, 3.63) is 54.0 Å². The lowest BCUT2D eigenvalue weighted by molar-refractivity contribution is 0.621. The summed E-state index contributed by atoms with van der Waals surface area (Å²) in [6, 6.07) is 10.7. The molecule has 0 atom stereocenters. The van der Waals surface area contributed by atoms with E-state index in [2.05, 4.69) is 15.2 Å². The molecule has 2 aromatic heterocycles. The van der Waals surface area contributed by atoms with E-state index in [0.717, 1.165) is 0 Å². The lowest BCUT2D eigenvalue weighted by Gasteiger charge is -2.06. The van der Waals surface area contributed by atoms with E-state index in [-0.39, 0.29) is 5.82 Å². The van der Waals surface area contributed by atoms with E-state index in [1.54, 1.807) is 31.3 Å². The van der Waals surface area contributed by atoms with E-state index >= 15 is 0 Å². The molecule has 0 aliphatic heterocycles. The molecule has 0 saturated carbocycles. The molecular formula is C15H13FN4. The Balaban J connectivity index is 2.24. The maximum Gasteiger partial charge on any atom is 0.155 e. The first kappa shape index (κ1) is 12.3. The Kier molecular flexibility index (Phi) is 2.95. The number of aromatic nitrogens is 3. The van der Waals surface area contributed by atoms with Gasteiger partial charge in [-0.15, -0.1) is 0 Å². The second kappa shape index (κ2) is 4.77. The molecule has 3 aromatic rings. The van der Waals surface area contributed by atoms with Crippen molar-refractivity contribution in [1.29, 1.82) is 0 Å². The van der Waals surface area contributed by atoms with Crippen molar-refractivity contribution in [3.63, 3.8) is 0 Å². The summed E-state index contributed by atoms with van der Waals surface area (Å²) in [6.45, 7) is 1.72. The topological polar surface area (TPSA) is 67.6 Å². The van der Waals surface area contributed by atoms with Crippen molar-refractivity contribution in [1.82, 2.24) is 15.2 Å². The van der Waals surface area contributed by atoms with Crippen LogP contribution in [0.25, 0.3) is 22.5 Å². The van der Waals surface area contributed by atoms with E-state index in [4.69, 9.17) is 5.73 Å². The fraction of sp³-hybridized carbons (Fsp3) is 0.0667. The van der Waals surface area contributed by atoms with Crippen molar-refractivity contribution in [2.24, 2.45) is 0 Å². The van der Waals surface area contributed by atoms with Crippen LogP contribution < -0.4 is 5.73 Å². The largest absolute Gasteiger partial charge is 0.382 e. The van der Waals surface area contributed by atoms with Gasteiger partial charge in [0.1, 0.15) is 5.82 Å². The van der Waals surface area contributed by atoms with Gasteiger partial charge >= 0.3 is 0 Å². The zero-order chi connectivity index (χ0) is 14.1. The summed E-state index contributed by atoms with van der Waals surface area (Å²) in [5, 5.41) is 6.79. The third-order valence-corrected chi connectivity index (χ3v) is 3.18. The molecule has 100 valence electrons. The first-order chi connectivity index (χ1) is 9.68. The summed E-state index contributed by atoms with van der Waals surface area (Å²) < 4.78 is 14.3. The van der Waals surface area contributed by atoms with E-state index in [1.807, 2.05) is 18.2 Å². The van der Waals surface area contributed by atoms with Crippen LogP contribution in [0, 0.1) is 12.7 Å². The smallest absolute Gasteiger partial charge is 0.155 e. The molecule has 0 aliphatic carbocycles. The molecule has 0 saturated heterocycles. The third-order valence-electron chi connectivity index (χ3n) is 3.18. The Morgan fingerprint density at radius 1 is 1.15 bits per heavy atom. The fourth-order valence-corrected chi connectivity index (χ4v) is 2.16.